The van der Waals surface area contributed by atoms with Gasteiger partial charge in [-0.2, -0.15) is 0 Å². The first-order valence-electron chi connectivity index (χ1n) is 6.24. The Morgan fingerprint density at radius 1 is 1.06 bits per heavy atom. The number of nitrogens with zero attached hydrogens (tertiary/aromatic N) is 1. The molecule has 0 unspecified atom stereocenters. The maximum atomic E-state index is 4.09. The molecule has 1 aliphatic rings. The average Bonchev–Trinajstić information content (AvgIpc) is 2.45. The molecule has 0 bridgehead atoms. The second kappa shape index (κ2) is 10.2. The number of rotatable bonds is 1. The van der Waals surface area contributed by atoms with Crippen molar-refractivity contribution in [3.05, 3.63) is 48.3 Å². The van der Waals surface area contributed by atoms with Crippen molar-refractivity contribution < 1.29 is 0 Å². The molecule has 88 valence electrons. The molecule has 1 aromatic heterocycles. The van der Waals surface area contributed by atoms with Crippen LogP contribution in [0.4, 0.5) is 0 Å². The molecule has 0 amide bonds. The second-order valence-electron chi connectivity index (χ2n) is 2.88. The molecule has 16 heavy (non-hydrogen) atoms. The van der Waals surface area contributed by atoms with Gasteiger partial charge in [0.15, 0.2) is 0 Å². The summed E-state index contributed by atoms with van der Waals surface area (Å²) in [5, 5.41) is 0. The van der Waals surface area contributed by atoms with Crippen molar-refractivity contribution in [2.45, 2.75) is 40.5 Å². The summed E-state index contributed by atoms with van der Waals surface area (Å²) in [5.74, 6) is 0. The summed E-state index contributed by atoms with van der Waals surface area (Å²) >= 11 is 0. The van der Waals surface area contributed by atoms with E-state index in [9.17, 15) is 0 Å². The van der Waals surface area contributed by atoms with E-state index in [2.05, 4.69) is 29.3 Å². The SMILES string of the molecule is C1=CC(c2cccnc2)=CCC1.CC.CC. The van der Waals surface area contributed by atoms with Crippen LogP contribution in [0.25, 0.3) is 5.57 Å². The van der Waals surface area contributed by atoms with Gasteiger partial charge in [0.25, 0.3) is 0 Å². The van der Waals surface area contributed by atoms with E-state index in [4.69, 9.17) is 0 Å². The zero-order valence-corrected chi connectivity index (χ0v) is 10.9. The van der Waals surface area contributed by atoms with Crippen molar-refractivity contribution in [1.29, 1.82) is 0 Å². The molecule has 0 fully saturated rings. The van der Waals surface area contributed by atoms with Gasteiger partial charge >= 0.3 is 0 Å². The number of aromatic nitrogens is 1. The zero-order valence-electron chi connectivity index (χ0n) is 10.9. The van der Waals surface area contributed by atoms with Crippen LogP contribution in [-0.2, 0) is 0 Å². The Bertz CT molecular complexity index is 309. The third-order valence-corrected chi connectivity index (χ3v) is 1.99. The topological polar surface area (TPSA) is 12.9 Å². The normalized spacial score (nSPS) is 12.6. The highest BCUT2D eigenvalue weighted by Crippen LogP contribution is 2.19. The molecular formula is C15H23N. The van der Waals surface area contributed by atoms with E-state index >= 15 is 0 Å². The molecule has 0 spiro atoms. The van der Waals surface area contributed by atoms with Gasteiger partial charge in [-0.05, 0) is 30.0 Å². The second-order valence-corrected chi connectivity index (χ2v) is 2.88. The summed E-state index contributed by atoms with van der Waals surface area (Å²) in [7, 11) is 0. The Hall–Kier alpha value is -1.37. The first kappa shape index (κ1) is 14.6. The minimum atomic E-state index is 1.15. The van der Waals surface area contributed by atoms with Crippen molar-refractivity contribution >= 4 is 5.57 Å². The van der Waals surface area contributed by atoms with Crippen molar-refractivity contribution in [3.8, 4) is 0 Å². The lowest BCUT2D eigenvalue weighted by Gasteiger charge is -2.05. The van der Waals surface area contributed by atoms with Gasteiger partial charge in [-0.1, -0.05) is 52.0 Å². The molecule has 0 atom stereocenters. The molecular weight excluding hydrogens is 194 g/mol. The predicted octanol–water partition coefficient (Wildman–Crippen LogP) is 4.87. The Morgan fingerprint density at radius 2 is 1.81 bits per heavy atom. The Labute approximate surface area is 99.9 Å². The Kier molecular flexibility index (Phi) is 9.29. The van der Waals surface area contributed by atoms with Crippen LogP contribution in [0.1, 0.15) is 46.1 Å². The Morgan fingerprint density at radius 3 is 2.31 bits per heavy atom. The number of pyridine rings is 1. The van der Waals surface area contributed by atoms with Gasteiger partial charge in [-0.3, -0.25) is 4.98 Å². The molecule has 0 radical (unpaired) electrons. The predicted molar refractivity (Wildman–Crippen MR) is 73.3 cm³/mol. The van der Waals surface area contributed by atoms with Crippen LogP contribution in [0.15, 0.2) is 42.8 Å². The van der Waals surface area contributed by atoms with Crippen molar-refractivity contribution in [1.82, 2.24) is 4.98 Å². The van der Waals surface area contributed by atoms with Gasteiger partial charge in [0, 0.05) is 12.4 Å². The van der Waals surface area contributed by atoms with Crippen molar-refractivity contribution in [3.63, 3.8) is 0 Å². The van der Waals surface area contributed by atoms with Crippen LogP contribution in [0.2, 0.25) is 0 Å². The van der Waals surface area contributed by atoms with E-state index in [1.807, 2.05) is 40.0 Å². The first-order chi connectivity index (χ1) is 7.97. The lowest BCUT2D eigenvalue weighted by molar-refractivity contribution is 1.04. The van der Waals surface area contributed by atoms with Gasteiger partial charge in [0.1, 0.15) is 0 Å². The third-order valence-electron chi connectivity index (χ3n) is 1.99. The average molecular weight is 217 g/mol. The fraction of sp³-hybridized carbons (Fsp3) is 0.400. The first-order valence-corrected chi connectivity index (χ1v) is 6.24. The number of allylic oxidation sites excluding steroid dienone is 4. The minimum Gasteiger partial charge on any atom is -0.264 e. The molecule has 0 aromatic carbocycles. The highest BCUT2D eigenvalue weighted by molar-refractivity contribution is 5.74. The summed E-state index contributed by atoms with van der Waals surface area (Å²) < 4.78 is 0. The smallest absolute Gasteiger partial charge is 0.0346 e. The van der Waals surface area contributed by atoms with E-state index < -0.39 is 0 Å². The van der Waals surface area contributed by atoms with Crippen LogP contribution in [0.3, 0.4) is 0 Å². The lowest BCUT2D eigenvalue weighted by atomic mass is 10.0. The van der Waals surface area contributed by atoms with Crippen LogP contribution in [0.5, 0.6) is 0 Å². The van der Waals surface area contributed by atoms with Gasteiger partial charge in [0.05, 0.1) is 0 Å². The van der Waals surface area contributed by atoms with Gasteiger partial charge < -0.3 is 0 Å². The molecule has 1 heterocycles. The summed E-state index contributed by atoms with van der Waals surface area (Å²) in [6.07, 6.45) is 12.7. The molecule has 1 nitrogen and oxygen atoms in total. The van der Waals surface area contributed by atoms with E-state index in [1.54, 1.807) is 6.20 Å². The number of hydrogen-bond acceptors (Lipinski definition) is 1. The van der Waals surface area contributed by atoms with Crippen LogP contribution in [-0.4, -0.2) is 4.98 Å². The van der Waals surface area contributed by atoms with Crippen LogP contribution < -0.4 is 0 Å². The molecule has 1 aromatic rings. The maximum absolute atomic E-state index is 4.09. The molecule has 1 aliphatic carbocycles. The van der Waals surface area contributed by atoms with E-state index in [-0.39, 0.29) is 0 Å². The highest BCUT2D eigenvalue weighted by atomic mass is 14.6. The molecule has 0 aliphatic heterocycles. The summed E-state index contributed by atoms with van der Waals surface area (Å²) in [5.41, 5.74) is 2.52. The fourth-order valence-corrected chi connectivity index (χ4v) is 1.36. The monoisotopic (exact) mass is 217 g/mol. The van der Waals surface area contributed by atoms with E-state index in [0.29, 0.717) is 0 Å². The fourth-order valence-electron chi connectivity index (χ4n) is 1.36. The molecule has 1 heteroatoms. The van der Waals surface area contributed by atoms with Crippen molar-refractivity contribution in [2.24, 2.45) is 0 Å². The van der Waals surface area contributed by atoms with E-state index in [0.717, 1.165) is 6.42 Å². The number of hydrogen-bond donors (Lipinski definition) is 0. The molecule has 0 saturated heterocycles. The Balaban J connectivity index is 0.000000509. The molecule has 0 N–H and O–H groups in total. The van der Waals surface area contributed by atoms with Gasteiger partial charge in [0.2, 0.25) is 0 Å². The molecule has 0 saturated carbocycles. The maximum Gasteiger partial charge on any atom is 0.0346 e. The summed E-state index contributed by atoms with van der Waals surface area (Å²) in [4.78, 5) is 4.09. The van der Waals surface area contributed by atoms with E-state index in [1.165, 1.54) is 17.6 Å². The standard InChI is InChI=1S/C11H11N.2C2H6/c1-2-5-10(6-3-1)11-7-4-8-12-9-11;2*1-2/h2,4-9H,1,3H2;2*1-2H3. The largest absolute Gasteiger partial charge is 0.264 e. The quantitative estimate of drug-likeness (QED) is 0.654. The zero-order chi connectivity index (χ0) is 12.2. The van der Waals surface area contributed by atoms with Crippen LogP contribution in [0, 0.1) is 0 Å². The summed E-state index contributed by atoms with van der Waals surface area (Å²) in [6, 6.07) is 4.06. The van der Waals surface area contributed by atoms with Crippen molar-refractivity contribution in [2.75, 3.05) is 0 Å². The molecule has 2 rings (SSSR count). The van der Waals surface area contributed by atoms with Crippen LogP contribution >= 0.6 is 0 Å². The van der Waals surface area contributed by atoms with Gasteiger partial charge in [-0.25, -0.2) is 0 Å². The van der Waals surface area contributed by atoms with Gasteiger partial charge in [-0.15, -0.1) is 0 Å². The summed E-state index contributed by atoms with van der Waals surface area (Å²) in [6.45, 7) is 8.00. The lowest BCUT2D eigenvalue weighted by Crippen LogP contribution is -1.85. The third kappa shape index (κ3) is 4.92. The highest BCUT2D eigenvalue weighted by Gasteiger charge is 1.99. The minimum absolute atomic E-state index is 1.15.